The van der Waals surface area contributed by atoms with E-state index in [2.05, 4.69) is 4.99 Å². The zero-order valence-corrected chi connectivity index (χ0v) is 16.4. The van der Waals surface area contributed by atoms with Crippen LogP contribution in [0.2, 0.25) is 5.02 Å². The number of amides is 1. The lowest BCUT2D eigenvalue weighted by atomic mass is 10.1. The first-order chi connectivity index (χ1) is 12.6. The fraction of sp³-hybridized carbons (Fsp3) is 0.300. The summed E-state index contributed by atoms with van der Waals surface area (Å²) in [5, 5.41) is 0.674. The zero-order valence-electron chi connectivity index (χ0n) is 14.9. The van der Waals surface area contributed by atoms with Gasteiger partial charge in [-0.3, -0.25) is 4.79 Å². The number of hydrogen-bond donors (Lipinski definition) is 0. The number of rotatable bonds is 6. The van der Waals surface area contributed by atoms with E-state index in [4.69, 9.17) is 16.3 Å². The van der Waals surface area contributed by atoms with Crippen molar-refractivity contribution < 1.29 is 9.53 Å². The van der Waals surface area contributed by atoms with Crippen molar-refractivity contribution in [3.63, 3.8) is 0 Å². The lowest BCUT2D eigenvalue weighted by Crippen LogP contribution is -2.20. The molecule has 1 aromatic heterocycles. The minimum Gasteiger partial charge on any atom is -0.380 e. The van der Waals surface area contributed by atoms with E-state index in [1.807, 2.05) is 60.9 Å². The number of thiazole rings is 1. The van der Waals surface area contributed by atoms with Crippen LogP contribution in [0.5, 0.6) is 0 Å². The summed E-state index contributed by atoms with van der Waals surface area (Å²) in [6.07, 6.45) is 0.292. The molecular formula is C20H21ClN2O2S. The molecular weight excluding hydrogens is 368 g/mol. The van der Waals surface area contributed by atoms with Gasteiger partial charge in [-0.1, -0.05) is 52.8 Å². The van der Waals surface area contributed by atoms with Crippen molar-refractivity contribution in [2.75, 3.05) is 13.2 Å². The van der Waals surface area contributed by atoms with E-state index in [-0.39, 0.29) is 5.91 Å². The number of aryl methyl sites for hydroxylation is 1. The molecule has 0 fully saturated rings. The molecule has 0 aliphatic rings. The Morgan fingerprint density at radius 1 is 1.23 bits per heavy atom. The summed E-state index contributed by atoms with van der Waals surface area (Å²) in [6.45, 7) is 5.87. The molecule has 0 aliphatic heterocycles. The summed E-state index contributed by atoms with van der Waals surface area (Å²) in [7, 11) is 0. The second kappa shape index (κ2) is 8.62. The minimum atomic E-state index is -0.156. The molecule has 0 radical (unpaired) electrons. The summed E-state index contributed by atoms with van der Waals surface area (Å²) in [5.74, 6) is -0.156. The van der Waals surface area contributed by atoms with Crippen LogP contribution in [-0.4, -0.2) is 23.7 Å². The number of aromatic nitrogens is 1. The Labute approximate surface area is 161 Å². The fourth-order valence-corrected chi connectivity index (χ4v) is 4.02. The van der Waals surface area contributed by atoms with Crippen molar-refractivity contribution in [2.45, 2.75) is 26.8 Å². The lowest BCUT2D eigenvalue weighted by molar-refractivity contribution is -0.117. The maximum Gasteiger partial charge on any atom is 0.252 e. The van der Waals surface area contributed by atoms with Gasteiger partial charge in [0.2, 0.25) is 0 Å². The summed E-state index contributed by atoms with van der Waals surface area (Å²) in [4.78, 5) is 17.5. The molecule has 0 saturated heterocycles. The molecule has 0 saturated carbocycles. The average molecular weight is 389 g/mol. The van der Waals surface area contributed by atoms with Gasteiger partial charge in [-0.25, -0.2) is 0 Å². The van der Waals surface area contributed by atoms with Crippen LogP contribution >= 0.6 is 22.9 Å². The van der Waals surface area contributed by atoms with E-state index in [1.165, 1.54) is 16.9 Å². The first-order valence-electron chi connectivity index (χ1n) is 8.56. The van der Waals surface area contributed by atoms with E-state index in [1.54, 1.807) is 0 Å². The molecule has 0 unspecified atom stereocenters. The van der Waals surface area contributed by atoms with Crippen LogP contribution in [0.15, 0.2) is 47.5 Å². The molecule has 136 valence electrons. The quantitative estimate of drug-likeness (QED) is 0.588. The second-order valence-electron chi connectivity index (χ2n) is 6.01. The molecule has 6 heteroatoms. The van der Waals surface area contributed by atoms with Crippen LogP contribution < -0.4 is 4.80 Å². The number of hydrogen-bond acceptors (Lipinski definition) is 3. The molecule has 0 spiro atoms. The Kier molecular flexibility index (Phi) is 6.25. The Morgan fingerprint density at radius 3 is 2.73 bits per heavy atom. The maximum atomic E-state index is 12.5. The Morgan fingerprint density at radius 2 is 2.00 bits per heavy atom. The van der Waals surface area contributed by atoms with E-state index < -0.39 is 0 Å². The van der Waals surface area contributed by atoms with E-state index in [0.29, 0.717) is 36.0 Å². The molecule has 3 rings (SSSR count). The predicted octanol–water partition coefficient (Wildman–Crippen LogP) is 4.37. The normalized spacial score (nSPS) is 12.0. The van der Waals surface area contributed by atoms with Crippen LogP contribution in [0, 0.1) is 6.92 Å². The Bertz CT molecular complexity index is 974. The van der Waals surface area contributed by atoms with Crippen molar-refractivity contribution in [3.05, 3.63) is 63.4 Å². The van der Waals surface area contributed by atoms with Gasteiger partial charge in [0.25, 0.3) is 5.91 Å². The molecule has 26 heavy (non-hydrogen) atoms. The SMILES string of the molecule is CCOCCn1c(=NC(=O)Cc2ccc(C)cc2)sc2cc(Cl)ccc21. The first-order valence-corrected chi connectivity index (χ1v) is 9.76. The molecule has 1 amide bonds. The molecule has 3 aromatic rings. The molecule has 2 aromatic carbocycles. The average Bonchev–Trinajstić information content (AvgIpc) is 2.93. The molecule has 0 atom stereocenters. The third-order valence-electron chi connectivity index (χ3n) is 4.00. The van der Waals surface area contributed by atoms with Crippen LogP contribution in [-0.2, 0) is 22.5 Å². The Balaban J connectivity index is 1.93. The number of benzene rings is 2. The van der Waals surface area contributed by atoms with Gasteiger partial charge < -0.3 is 9.30 Å². The van der Waals surface area contributed by atoms with Gasteiger partial charge in [0.15, 0.2) is 4.80 Å². The van der Waals surface area contributed by atoms with Gasteiger partial charge in [-0.15, -0.1) is 0 Å². The number of fused-ring (bicyclic) bond motifs is 1. The zero-order chi connectivity index (χ0) is 18.5. The van der Waals surface area contributed by atoms with E-state index in [9.17, 15) is 4.79 Å². The maximum absolute atomic E-state index is 12.5. The van der Waals surface area contributed by atoms with Crippen molar-refractivity contribution in [1.82, 2.24) is 4.57 Å². The lowest BCUT2D eigenvalue weighted by Gasteiger charge is -2.05. The topological polar surface area (TPSA) is 43.6 Å². The van der Waals surface area contributed by atoms with Crippen molar-refractivity contribution in [2.24, 2.45) is 4.99 Å². The number of halogens is 1. The van der Waals surface area contributed by atoms with Crippen LogP contribution in [0.4, 0.5) is 0 Å². The van der Waals surface area contributed by atoms with Crippen LogP contribution in [0.1, 0.15) is 18.1 Å². The van der Waals surface area contributed by atoms with Crippen molar-refractivity contribution in [1.29, 1.82) is 0 Å². The van der Waals surface area contributed by atoms with Gasteiger partial charge >= 0.3 is 0 Å². The van der Waals surface area contributed by atoms with Crippen molar-refractivity contribution in [3.8, 4) is 0 Å². The minimum absolute atomic E-state index is 0.156. The van der Waals surface area contributed by atoms with E-state index in [0.717, 1.165) is 15.8 Å². The monoisotopic (exact) mass is 388 g/mol. The van der Waals surface area contributed by atoms with Gasteiger partial charge in [0.1, 0.15) is 0 Å². The predicted molar refractivity (Wildman–Crippen MR) is 107 cm³/mol. The third-order valence-corrected chi connectivity index (χ3v) is 5.28. The number of ether oxygens (including phenoxy) is 1. The van der Waals surface area contributed by atoms with Crippen LogP contribution in [0.3, 0.4) is 0 Å². The summed E-state index contributed by atoms with van der Waals surface area (Å²) >= 11 is 7.58. The second-order valence-corrected chi connectivity index (χ2v) is 7.46. The van der Waals surface area contributed by atoms with Crippen molar-refractivity contribution >= 4 is 39.1 Å². The summed E-state index contributed by atoms with van der Waals surface area (Å²) in [5.41, 5.74) is 3.16. The molecule has 4 nitrogen and oxygen atoms in total. The first kappa shape index (κ1) is 18.8. The number of carbonyl (C=O) groups excluding carboxylic acids is 1. The largest absolute Gasteiger partial charge is 0.380 e. The smallest absolute Gasteiger partial charge is 0.252 e. The Hall–Kier alpha value is -1.95. The van der Waals surface area contributed by atoms with Crippen LogP contribution in [0.25, 0.3) is 10.2 Å². The molecule has 0 bridgehead atoms. The molecule has 1 heterocycles. The third kappa shape index (κ3) is 4.61. The highest BCUT2D eigenvalue weighted by Crippen LogP contribution is 2.22. The highest BCUT2D eigenvalue weighted by Gasteiger charge is 2.09. The number of carbonyl (C=O) groups is 1. The van der Waals surface area contributed by atoms with Gasteiger partial charge in [-0.05, 0) is 37.6 Å². The fourth-order valence-electron chi connectivity index (χ4n) is 2.68. The highest BCUT2D eigenvalue weighted by molar-refractivity contribution is 7.16. The summed E-state index contributed by atoms with van der Waals surface area (Å²) < 4.78 is 8.51. The standard InChI is InChI=1S/C20H21ClN2O2S/c1-3-25-11-10-23-17-9-8-16(21)13-18(17)26-20(23)22-19(24)12-15-6-4-14(2)5-7-15/h4-9,13H,3,10-12H2,1-2H3. The highest BCUT2D eigenvalue weighted by atomic mass is 35.5. The molecule has 0 N–H and O–H groups in total. The van der Waals surface area contributed by atoms with Gasteiger partial charge in [0.05, 0.1) is 23.2 Å². The van der Waals surface area contributed by atoms with Gasteiger partial charge in [0, 0.05) is 18.2 Å². The number of nitrogens with zero attached hydrogens (tertiary/aromatic N) is 2. The van der Waals surface area contributed by atoms with E-state index >= 15 is 0 Å². The molecule has 0 aliphatic carbocycles. The summed E-state index contributed by atoms with van der Waals surface area (Å²) in [6, 6.07) is 13.7. The van der Waals surface area contributed by atoms with Gasteiger partial charge in [-0.2, -0.15) is 4.99 Å².